The van der Waals surface area contributed by atoms with Gasteiger partial charge in [-0.2, -0.15) is 4.98 Å². The summed E-state index contributed by atoms with van der Waals surface area (Å²) >= 11 is 0. The van der Waals surface area contributed by atoms with Crippen molar-refractivity contribution in [1.29, 1.82) is 0 Å². The van der Waals surface area contributed by atoms with Crippen molar-refractivity contribution in [2.75, 3.05) is 6.61 Å². The van der Waals surface area contributed by atoms with Gasteiger partial charge in [-0.05, 0) is 25.8 Å². The zero-order chi connectivity index (χ0) is 14.7. The molecule has 0 amide bonds. The summed E-state index contributed by atoms with van der Waals surface area (Å²) in [6.45, 7) is 5.60. The smallest absolute Gasteiger partial charge is 0.240 e. The number of aromatic nitrogens is 2. The normalized spacial score (nSPS) is 18.9. The second-order valence-corrected chi connectivity index (χ2v) is 5.46. The number of hydrogen-bond donors (Lipinski definition) is 1. The van der Waals surface area contributed by atoms with E-state index in [0.29, 0.717) is 25.1 Å². The first kappa shape index (κ1) is 14.1. The molecule has 1 N–H and O–H groups in total. The average molecular weight is 287 g/mol. The van der Waals surface area contributed by atoms with Crippen molar-refractivity contribution < 1.29 is 9.26 Å². The Balaban J connectivity index is 1.75. The predicted molar refractivity (Wildman–Crippen MR) is 79.3 cm³/mol. The lowest BCUT2D eigenvalue weighted by molar-refractivity contribution is 0.272. The van der Waals surface area contributed by atoms with Crippen LogP contribution in [0.4, 0.5) is 0 Å². The van der Waals surface area contributed by atoms with Crippen LogP contribution in [-0.2, 0) is 6.54 Å². The maximum atomic E-state index is 5.68. The average Bonchev–Trinajstić information content (AvgIpc) is 3.00. The molecule has 112 valence electrons. The summed E-state index contributed by atoms with van der Waals surface area (Å²) < 4.78 is 11.0. The van der Waals surface area contributed by atoms with Crippen LogP contribution in [0.3, 0.4) is 0 Å². The minimum Gasteiger partial charge on any atom is -0.493 e. The molecular weight excluding hydrogens is 266 g/mol. The van der Waals surface area contributed by atoms with Gasteiger partial charge in [0.05, 0.1) is 19.1 Å². The number of rotatable bonds is 5. The zero-order valence-electron chi connectivity index (χ0n) is 12.5. The predicted octanol–water partition coefficient (Wildman–Crippen LogP) is 2.87. The van der Waals surface area contributed by atoms with Crippen molar-refractivity contribution in [2.24, 2.45) is 0 Å². The highest BCUT2D eigenvalue weighted by Crippen LogP contribution is 2.36. The zero-order valence-corrected chi connectivity index (χ0v) is 12.5. The molecule has 0 saturated carbocycles. The van der Waals surface area contributed by atoms with Crippen molar-refractivity contribution in [1.82, 2.24) is 15.5 Å². The van der Waals surface area contributed by atoms with E-state index in [2.05, 4.69) is 35.4 Å². The van der Waals surface area contributed by atoms with Crippen molar-refractivity contribution in [3.8, 4) is 5.75 Å². The van der Waals surface area contributed by atoms with E-state index in [1.54, 1.807) is 0 Å². The molecule has 5 heteroatoms. The Hall–Kier alpha value is -1.88. The van der Waals surface area contributed by atoms with E-state index in [0.717, 1.165) is 30.0 Å². The first-order valence-electron chi connectivity index (χ1n) is 7.55. The third kappa shape index (κ3) is 3.08. The number of hydrogen-bond acceptors (Lipinski definition) is 5. The van der Waals surface area contributed by atoms with Gasteiger partial charge in [0.25, 0.3) is 0 Å². The number of nitrogens with one attached hydrogen (secondary N) is 1. The van der Waals surface area contributed by atoms with Crippen LogP contribution in [0.1, 0.15) is 49.9 Å². The van der Waals surface area contributed by atoms with Gasteiger partial charge in [-0.15, -0.1) is 0 Å². The summed E-state index contributed by atoms with van der Waals surface area (Å²) in [5, 5.41) is 7.52. The van der Waals surface area contributed by atoms with E-state index in [1.165, 1.54) is 0 Å². The minimum absolute atomic E-state index is 0.163. The van der Waals surface area contributed by atoms with Gasteiger partial charge in [-0.1, -0.05) is 30.3 Å². The van der Waals surface area contributed by atoms with Gasteiger partial charge >= 0.3 is 0 Å². The SMILES string of the molecule is CCC(C)NCc1nc(C2CCOc3ccccc32)no1. The molecule has 0 bridgehead atoms. The van der Waals surface area contributed by atoms with Crippen LogP contribution in [0.25, 0.3) is 0 Å². The molecule has 21 heavy (non-hydrogen) atoms. The third-order valence-electron chi connectivity index (χ3n) is 3.97. The van der Waals surface area contributed by atoms with Crippen LogP contribution in [-0.4, -0.2) is 22.8 Å². The molecule has 0 radical (unpaired) electrons. The van der Waals surface area contributed by atoms with Crippen molar-refractivity contribution in [3.05, 3.63) is 41.5 Å². The van der Waals surface area contributed by atoms with E-state index in [1.807, 2.05) is 18.2 Å². The largest absolute Gasteiger partial charge is 0.493 e. The Bertz CT molecular complexity index is 597. The fourth-order valence-corrected chi connectivity index (χ4v) is 2.50. The molecule has 2 unspecified atom stereocenters. The molecule has 2 aromatic rings. The summed E-state index contributed by atoms with van der Waals surface area (Å²) in [7, 11) is 0. The first-order chi connectivity index (χ1) is 10.3. The summed E-state index contributed by atoms with van der Waals surface area (Å²) in [6.07, 6.45) is 1.96. The van der Waals surface area contributed by atoms with E-state index in [9.17, 15) is 0 Å². The number of ether oxygens (including phenoxy) is 1. The van der Waals surface area contributed by atoms with Gasteiger partial charge in [-0.25, -0.2) is 0 Å². The van der Waals surface area contributed by atoms with Crippen LogP contribution in [0.2, 0.25) is 0 Å². The maximum Gasteiger partial charge on any atom is 0.240 e. The van der Waals surface area contributed by atoms with E-state index in [-0.39, 0.29) is 5.92 Å². The fraction of sp³-hybridized carbons (Fsp3) is 0.500. The molecule has 1 aliphatic heterocycles. The van der Waals surface area contributed by atoms with Gasteiger partial charge in [0.2, 0.25) is 5.89 Å². The summed E-state index contributed by atoms with van der Waals surface area (Å²) in [6, 6.07) is 8.52. The van der Waals surface area contributed by atoms with Crippen LogP contribution in [0.5, 0.6) is 5.75 Å². The first-order valence-corrected chi connectivity index (χ1v) is 7.55. The van der Waals surface area contributed by atoms with Gasteiger partial charge in [0.1, 0.15) is 5.75 Å². The topological polar surface area (TPSA) is 60.2 Å². The van der Waals surface area contributed by atoms with E-state index in [4.69, 9.17) is 9.26 Å². The lowest BCUT2D eigenvalue weighted by atomic mass is 9.92. The molecule has 3 rings (SSSR count). The molecule has 1 aliphatic rings. The Morgan fingerprint density at radius 1 is 1.38 bits per heavy atom. The highest BCUT2D eigenvalue weighted by Gasteiger charge is 2.26. The molecule has 0 fully saturated rings. The minimum atomic E-state index is 0.163. The molecule has 5 nitrogen and oxygen atoms in total. The second-order valence-electron chi connectivity index (χ2n) is 5.46. The van der Waals surface area contributed by atoms with Gasteiger partial charge in [0, 0.05) is 11.6 Å². The second kappa shape index (κ2) is 6.26. The number of para-hydroxylation sites is 1. The Kier molecular flexibility index (Phi) is 4.20. The van der Waals surface area contributed by atoms with Crippen LogP contribution in [0, 0.1) is 0 Å². The lowest BCUT2D eigenvalue weighted by Gasteiger charge is -2.23. The van der Waals surface area contributed by atoms with Gasteiger partial charge in [0.15, 0.2) is 5.82 Å². The number of benzene rings is 1. The molecule has 0 spiro atoms. The molecule has 2 heterocycles. The monoisotopic (exact) mass is 287 g/mol. The lowest BCUT2D eigenvalue weighted by Crippen LogP contribution is -2.24. The Morgan fingerprint density at radius 2 is 2.24 bits per heavy atom. The molecular formula is C16H21N3O2. The summed E-state index contributed by atoms with van der Waals surface area (Å²) in [5.74, 6) is 2.50. The van der Waals surface area contributed by atoms with Crippen molar-refractivity contribution in [3.63, 3.8) is 0 Å². The molecule has 2 atom stereocenters. The van der Waals surface area contributed by atoms with Gasteiger partial charge < -0.3 is 14.6 Å². The van der Waals surface area contributed by atoms with Gasteiger partial charge in [-0.3, -0.25) is 0 Å². The molecule has 0 saturated heterocycles. The fourth-order valence-electron chi connectivity index (χ4n) is 2.50. The highest BCUT2D eigenvalue weighted by molar-refractivity contribution is 5.40. The molecule has 0 aliphatic carbocycles. The van der Waals surface area contributed by atoms with Crippen molar-refractivity contribution in [2.45, 2.75) is 45.2 Å². The van der Waals surface area contributed by atoms with E-state index >= 15 is 0 Å². The Morgan fingerprint density at radius 3 is 3.10 bits per heavy atom. The van der Waals surface area contributed by atoms with Crippen molar-refractivity contribution >= 4 is 0 Å². The summed E-state index contributed by atoms with van der Waals surface area (Å²) in [5.41, 5.74) is 1.14. The van der Waals surface area contributed by atoms with E-state index < -0.39 is 0 Å². The van der Waals surface area contributed by atoms with Crippen LogP contribution < -0.4 is 10.1 Å². The Labute approximate surface area is 124 Å². The third-order valence-corrected chi connectivity index (χ3v) is 3.97. The molecule has 1 aromatic heterocycles. The molecule has 1 aromatic carbocycles. The summed E-state index contributed by atoms with van der Waals surface area (Å²) in [4.78, 5) is 4.54. The highest BCUT2D eigenvalue weighted by atomic mass is 16.5. The standard InChI is InChI=1S/C16H21N3O2/c1-3-11(2)17-10-15-18-16(19-21-15)13-8-9-20-14-7-5-4-6-12(13)14/h4-7,11,13,17H,3,8-10H2,1-2H3. The maximum absolute atomic E-state index is 5.68. The van der Waals surface area contributed by atoms with Crippen LogP contribution in [0.15, 0.2) is 28.8 Å². The number of nitrogens with zero attached hydrogens (tertiary/aromatic N) is 2. The quantitative estimate of drug-likeness (QED) is 0.916. The number of fused-ring (bicyclic) bond motifs is 1. The van der Waals surface area contributed by atoms with Crippen LogP contribution >= 0.6 is 0 Å².